The summed E-state index contributed by atoms with van der Waals surface area (Å²) in [5.41, 5.74) is 2.51. The molecule has 3 aliphatic heterocycles. The molecule has 2 saturated heterocycles. The van der Waals surface area contributed by atoms with E-state index in [0.717, 1.165) is 43.5 Å². The van der Waals surface area contributed by atoms with Crippen LogP contribution in [-0.4, -0.2) is 56.0 Å². The van der Waals surface area contributed by atoms with Gasteiger partial charge in [-0.1, -0.05) is 12.1 Å². The molecule has 30 heavy (non-hydrogen) atoms. The number of fused-ring (bicyclic) bond motifs is 3. The lowest BCUT2D eigenvalue weighted by atomic mass is 9.53. The molecule has 2 saturated carbocycles. The van der Waals surface area contributed by atoms with Crippen LogP contribution in [0.3, 0.4) is 0 Å². The lowest BCUT2D eigenvalue weighted by Gasteiger charge is -2.63. The highest BCUT2D eigenvalue weighted by Crippen LogP contribution is 2.59. The highest BCUT2D eigenvalue weighted by molar-refractivity contribution is 5.69. The Hall–Kier alpha value is -1.76. The number of rotatable bonds is 6. The van der Waals surface area contributed by atoms with Gasteiger partial charge in [0.25, 0.3) is 0 Å². The van der Waals surface area contributed by atoms with Crippen LogP contribution >= 0.6 is 0 Å². The minimum atomic E-state index is -0.448. The van der Waals surface area contributed by atoms with Crippen molar-refractivity contribution in [3.63, 3.8) is 0 Å². The van der Waals surface area contributed by atoms with Gasteiger partial charge in [0, 0.05) is 36.4 Å². The number of aromatic nitrogens is 2. The van der Waals surface area contributed by atoms with Gasteiger partial charge in [-0.05, 0) is 62.3 Å². The van der Waals surface area contributed by atoms with E-state index in [0.29, 0.717) is 30.0 Å². The van der Waals surface area contributed by atoms with Crippen LogP contribution in [0.5, 0.6) is 0 Å². The van der Waals surface area contributed by atoms with Crippen LogP contribution in [0.15, 0.2) is 30.7 Å². The molecule has 7 rings (SSSR count). The molecule has 0 spiro atoms. The summed E-state index contributed by atoms with van der Waals surface area (Å²) < 4.78 is 16.9. The van der Waals surface area contributed by atoms with Gasteiger partial charge >= 0.3 is 0 Å². The lowest BCUT2D eigenvalue weighted by Crippen LogP contribution is -2.64. The van der Waals surface area contributed by atoms with Crippen LogP contribution in [0.4, 0.5) is 4.39 Å². The van der Waals surface area contributed by atoms with Gasteiger partial charge in [-0.15, -0.1) is 0 Å². The van der Waals surface area contributed by atoms with Gasteiger partial charge in [-0.25, -0.2) is 9.37 Å². The van der Waals surface area contributed by atoms with Crippen LogP contribution in [0.1, 0.15) is 56.6 Å². The lowest BCUT2D eigenvalue weighted by molar-refractivity contribution is -0.156. The van der Waals surface area contributed by atoms with Gasteiger partial charge in [0.1, 0.15) is 5.82 Å². The molecule has 2 aromatic rings. The summed E-state index contributed by atoms with van der Waals surface area (Å²) in [4.78, 5) is 6.90. The average Bonchev–Trinajstić information content (AvgIpc) is 3.30. The minimum absolute atomic E-state index is 0.0546. The number of aliphatic hydroxyl groups is 2. The zero-order valence-electron chi connectivity index (χ0n) is 17.3. The van der Waals surface area contributed by atoms with E-state index in [1.54, 1.807) is 18.6 Å². The van der Waals surface area contributed by atoms with Crippen molar-refractivity contribution in [3.8, 4) is 11.3 Å². The summed E-state index contributed by atoms with van der Waals surface area (Å²) in [6.45, 7) is 1.21. The largest absolute Gasteiger partial charge is 0.396 e. The van der Waals surface area contributed by atoms with Gasteiger partial charge in [0.15, 0.2) is 0 Å². The van der Waals surface area contributed by atoms with Crippen LogP contribution in [0.25, 0.3) is 11.3 Å². The zero-order chi connectivity index (χ0) is 20.5. The summed E-state index contributed by atoms with van der Waals surface area (Å²) in [5.74, 6) is 0.507. The first-order valence-corrected chi connectivity index (χ1v) is 11.4. The monoisotopic (exact) mass is 411 g/mol. The molecule has 0 amide bonds. The van der Waals surface area contributed by atoms with Gasteiger partial charge < -0.3 is 14.8 Å². The Morgan fingerprint density at radius 1 is 1.20 bits per heavy atom. The standard InChI is InChI=1S/C24H30FN3O2/c25-19-4-1-3-18-21-13-26-14-28(21)20(23(18)19)9-22(30)24-10-15-7-16(11-24)27(5-2-6-29)17(8-15)12-24/h1,3-4,13-17,20,22,29-30H,2,5-12H2. The van der Waals surface area contributed by atoms with Gasteiger partial charge in [0.2, 0.25) is 0 Å². The summed E-state index contributed by atoms with van der Waals surface area (Å²) in [6, 6.07) is 6.10. The van der Waals surface area contributed by atoms with Crippen molar-refractivity contribution in [2.24, 2.45) is 11.3 Å². The number of nitrogens with zero attached hydrogens (tertiary/aromatic N) is 3. The first kappa shape index (κ1) is 19.0. The number of piperidine rings is 2. The summed E-state index contributed by atoms with van der Waals surface area (Å²) >= 11 is 0. The molecule has 4 heterocycles. The third kappa shape index (κ3) is 2.66. The molecule has 6 heteroatoms. The maximum Gasteiger partial charge on any atom is 0.129 e. The maximum atomic E-state index is 14.8. The normalized spacial score (nSPS) is 34.9. The smallest absolute Gasteiger partial charge is 0.129 e. The number of imidazole rings is 1. The molecular weight excluding hydrogens is 381 g/mol. The second-order valence-corrected chi connectivity index (χ2v) is 10.1. The molecule has 1 aromatic heterocycles. The molecule has 2 N–H and O–H groups in total. The molecular formula is C24H30FN3O2. The number of benzene rings is 1. The Morgan fingerprint density at radius 3 is 2.77 bits per heavy atom. The van der Waals surface area contributed by atoms with E-state index in [2.05, 4.69) is 9.88 Å². The van der Waals surface area contributed by atoms with Crippen molar-refractivity contribution in [2.45, 2.75) is 69.2 Å². The molecule has 4 atom stereocenters. The zero-order valence-corrected chi connectivity index (χ0v) is 17.3. The second-order valence-electron chi connectivity index (χ2n) is 10.1. The van der Waals surface area contributed by atoms with Crippen molar-refractivity contribution in [3.05, 3.63) is 42.1 Å². The Kier molecular flexibility index (Phi) is 4.34. The summed E-state index contributed by atoms with van der Waals surface area (Å²) in [7, 11) is 0. The number of halogens is 1. The van der Waals surface area contributed by atoms with Crippen molar-refractivity contribution >= 4 is 0 Å². The first-order valence-electron chi connectivity index (χ1n) is 11.4. The van der Waals surface area contributed by atoms with E-state index in [1.165, 1.54) is 18.9 Å². The molecule has 5 aliphatic rings. The molecule has 4 unspecified atom stereocenters. The average molecular weight is 412 g/mol. The number of hydrogen-bond donors (Lipinski definition) is 2. The molecule has 4 bridgehead atoms. The van der Waals surface area contributed by atoms with Crippen LogP contribution in [-0.2, 0) is 0 Å². The predicted octanol–water partition coefficient (Wildman–Crippen LogP) is 3.36. The van der Waals surface area contributed by atoms with Crippen LogP contribution in [0, 0.1) is 17.2 Å². The van der Waals surface area contributed by atoms with Crippen molar-refractivity contribution in [1.82, 2.24) is 14.5 Å². The topological polar surface area (TPSA) is 61.5 Å². The Bertz CT molecular complexity index is 944. The quantitative estimate of drug-likeness (QED) is 0.765. The van der Waals surface area contributed by atoms with Gasteiger partial charge in [-0.3, -0.25) is 4.90 Å². The minimum Gasteiger partial charge on any atom is -0.396 e. The van der Waals surface area contributed by atoms with E-state index in [4.69, 9.17) is 0 Å². The van der Waals surface area contributed by atoms with E-state index in [1.807, 2.05) is 10.6 Å². The van der Waals surface area contributed by atoms with E-state index in [9.17, 15) is 14.6 Å². The molecule has 0 radical (unpaired) electrons. The SMILES string of the molecule is OCCCN1C2CC3CC1CC(C(O)CC1c4c(F)cccc4-c4cncn41)(C3)C2. The first-order chi connectivity index (χ1) is 14.6. The van der Waals surface area contributed by atoms with Crippen LogP contribution < -0.4 is 0 Å². The fourth-order valence-electron chi connectivity index (χ4n) is 7.49. The second kappa shape index (κ2) is 6.87. The molecule has 2 aliphatic carbocycles. The van der Waals surface area contributed by atoms with Crippen molar-refractivity contribution in [2.75, 3.05) is 13.2 Å². The van der Waals surface area contributed by atoms with Crippen molar-refractivity contribution in [1.29, 1.82) is 0 Å². The Morgan fingerprint density at radius 2 is 2.00 bits per heavy atom. The third-order valence-corrected chi connectivity index (χ3v) is 8.52. The van der Waals surface area contributed by atoms with E-state index < -0.39 is 6.10 Å². The van der Waals surface area contributed by atoms with Gasteiger partial charge in [0.05, 0.1) is 30.4 Å². The highest BCUT2D eigenvalue weighted by Gasteiger charge is 2.57. The Balaban J connectivity index is 1.28. The summed E-state index contributed by atoms with van der Waals surface area (Å²) in [6.07, 6.45) is 10.1. The van der Waals surface area contributed by atoms with E-state index >= 15 is 0 Å². The molecule has 1 aromatic carbocycles. The molecule has 4 fully saturated rings. The molecule has 160 valence electrons. The van der Waals surface area contributed by atoms with Crippen molar-refractivity contribution < 1.29 is 14.6 Å². The number of aliphatic hydroxyl groups excluding tert-OH is 2. The number of hydrogen-bond acceptors (Lipinski definition) is 4. The van der Waals surface area contributed by atoms with Crippen LogP contribution in [0.2, 0.25) is 0 Å². The highest BCUT2D eigenvalue weighted by atomic mass is 19.1. The fraction of sp³-hybridized carbons (Fsp3) is 0.625. The Labute approximate surface area is 176 Å². The predicted molar refractivity (Wildman–Crippen MR) is 111 cm³/mol. The van der Waals surface area contributed by atoms with E-state index in [-0.39, 0.29) is 23.9 Å². The fourth-order valence-corrected chi connectivity index (χ4v) is 7.49. The third-order valence-electron chi connectivity index (χ3n) is 8.52. The maximum absolute atomic E-state index is 14.8. The van der Waals surface area contributed by atoms with Gasteiger partial charge in [-0.2, -0.15) is 0 Å². The summed E-state index contributed by atoms with van der Waals surface area (Å²) in [5, 5.41) is 20.9. The molecule has 5 nitrogen and oxygen atoms in total.